The molecule has 0 saturated heterocycles. The van der Waals surface area contributed by atoms with Crippen LogP contribution in [-0.2, 0) is 22.4 Å². The van der Waals surface area contributed by atoms with Crippen molar-refractivity contribution in [3.63, 3.8) is 0 Å². The number of fused-ring (bicyclic) bond motifs is 1. The van der Waals surface area contributed by atoms with Crippen LogP contribution in [0.25, 0.3) is 0 Å². The monoisotopic (exact) mass is 421 g/mol. The van der Waals surface area contributed by atoms with Crippen molar-refractivity contribution in [3.05, 3.63) is 25.2 Å². The second-order valence-electron chi connectivity index (χ2n) is 4.72. The molecule has 0 atom stereocenters. The van der Waals surface area contributed by atoms with Gasteiger partial charge in [-0.05, 0) is 0 Å². The molecule has 0 fully saturated rings. The molecular formula is C15H20INO3S. The molecule has 0 N–H and O–H groups in total. The fourth-order valence-electron chi connectivity index (χ4n) is 2.06. The van der Waals surface area contributed by atoms with Gasteiger partial charge in [0.25, 0.3) is 0 Å². The number of hydrogen-bond acceptors (Lipinski definition) is 5. The average molecular weight is 421 g/mol. The van der Waals surface area contributed by atoms with Crippen LogP contribution in [0, 0.1) is 0 Å². The van der Waals surface area contributed by atoms with E-state index in [4.69, 9.17) is 4.74 Å². The Morgan fingerprint density at radius 3 is 2.76 bits per heavy atom. The van der Waals surface area contributed by atoms with Gasteiger partial charge in [-0.1, -0.05) is 0 Å². The third kappa shape index (κ3) is 3.91. The first-order chi connectivity index (χ1) is 10.1. The van der Waals surface area contributed by atoms with Crippen LogP contribution in [0.3, 0.4) is 0 Å². The molecule has 2 rings (SSSR count). The van der Waals surface area contributed by atoms with Crippen LogP contribution < -0.4 is 0 Å². The Morgan fingerprint density at radius 2 is 2.14 bits per heavy atom. The van der Waals surface area contributed by atoms with Gasteiger partial charge < -0.3 is 0 Å². The van der Waals surface area contributed by atoms with Crippen molar-refractivity contribution < 1.29 is 14.3 Å². The van der Waals surface area contributed by atoms with Crippen molar-refractivity contribution in [3.8, 4) is 0 Å². The Morgan fingerprint density at radius 1 is 1.38 bits per heavy atom. The molecule has 1 heterocycles. The number of ether oxygens (including phenoxy) is 1. The zero-order valence-corrected chi connectivity index (χ0v) is 15.5. The fraction of sp³-hybridized carbons (Fsp3) is 0.533. The third-order valence-electron chi connectivity index (χ3n) is 3.25. The molecule has 0 aliphatic heterocycles. The molecule has 0 radical (unpaired) electrons. The van der Waals surface area contributed by atoms with Gasteiger partial charge in [-0.2, -0.15) is 0 Å². The average Bonchev–Trinajstić information content (AvgIpc) is 3.05. The number of aryl methyl sites for hydroxylation is 2. The predicted molar refractivity (Wildman–Crippen MR) is 93.7 cm³/mol. The molecule has 1 aromatic heterocycles. The van der Waals surface area contributed by atoms with E-state index in [9.17, 15) is 9.59 Å². The molecule has 4 nitrogen and oxygen atoms in total. The minimum absolute atomic E-state index is 0.193. The van der Waals surface area contributed by atoms with E-state index in [1.807, 2.05) is 4.08 Å². The summed E-state index contributed by atoms with van der Waals surface area (Å²) in [5.41, 5.74) is 1.23. The van der Waals surface area contributed by atoms with Gasteiger partial charge in [0.2, 0.25) is 0 Å². The topological polar surface area (TPSA) is 56.3 Å². The van der Waals surface area contributed by atoms with Crippen molar-refractivity contribution in [2.45, 2.75) is 33.1 Å². The van der Waals surface area contributed by atoms with Gasteiger partial charge in [-0.3, -0.25) is 0 Å². The van der Waals surface area contributed by atoms with Crippen LogP contribution in [-0.4, -0.2) is 32.7 Å². The molecule has 0 saturated carbocycles. The zero-order valence-electron chi connectivity index (χ0n) is 12.6. The van der Waals surface area contributed by atoms with Crippen molar-refractivity contribution >= 4 is 42.9 Å². The number of nitrogens with zero attached hydrogens (tertiary/aromatic N) is 1. The predicted octanol–water partition coefficient (Wildman–Crippen LogP) is 3.42. The Hall–Kier alpha value is -0.760. The molecule has 1 aliphatic carbocycles. The zero-order chi connectivity index (χ0) is 15.4. The number of carbonyl (C=O) groups excluding carboxylic acids is 2. The number of esters is 1. The number of ketones is 1. The molecule has 1 aromatic rings. The summed E-state index contributed by atoms with van der Waals surface area (Å²) in [6, 6.07) is 0. The summed E-state index contributed by atoms with van der Waals surface area (Å²) in [6.07, 6.45) is 3.06. The number of rotatable bonds is 6. The first kappa shape index (κ1) is 16.6. The van der Waals surface area contributed by atoms with E-state index in [-0.39, 0.29) is 18.0 Å². The van der Waals surface area contributed by atoms with Crippen LogP contribution in [0.4, 0.5) is 0 Å². The van der Waals surface area contributed by atoms with Crippen LogP contribution in [0.5, 0.6) is 0 Å². The molecule has 6 heteroatoms. The third-order valence-corrected chi connectivity index (χ3v) is 8.50. The van der Waals surface area contributed by atoms with Crippen LogP contribution >= 0.6 is 31.2 Å². The summed E-state index contributed by atoms with van der Waals surface area (Å²) in [6.45, 7) is 4.12. The van der Waals surface area contributed by atoms with E-state index < -0.39 is 25.8 Å². The van der Waals surface area contributed by atoms with E-state index in [2.05, 4.69) is 16.8 Å². The summed E-state index contributed by atoms with van der Waals surface area (Å²) in [4.78, 5) is 32.5. The Kier molecular flexibility index (Phi) is 5.92. The summed E-state index contributed by atoms with van der Waals surface area (Å²) < 4.78 is 7.94. The normalized spacial score (nSPS) is 14.8. The quantitative estimate of drug-likeness (QED) is 0.134. The second-order valence-corrected chi connectivity index (χ2v) is 11.6. The SMILES string of the molecule is CCOC(=O)/C(=C\I(C)CC)C(=O)c1nc2c(s1)CCC2. The second kappa shape index (κ2) is 7.49. The molecule has 0 spiro atoms. The van der Waals surface area contributed by atoms with E-state index in [1.54, 1.807) is 6.92 Å². The standard InChI is InChI=1S/C15H20INO3S/c1-4-16(3)9-10(15(19)20-5-2)13(18)14-17-11-7-6-8-12(11)21-14/h9H,4-8H2,1-3H3/b10-9-. The van der Waals surface area contributed by atoms with Crippen molar-refractivity contribution in [1.29, 1.82) is 0 Å². The van der Waals surface area contributed by atoms with Gasteiger partial charge in [-0.25, -0.2) is 0 Å². The summed E-state index contributed by atoms with van der Waals surface area (Å²) in [7, 11) is 0. The summed E-state index contributed by atoms with van der Waals surface area (Å²) in [5, 5.41) is 0.444. The number of halogens is 1. The van der Waals surface area contributed by atoms with E-state index >= 15 is 0 Å². The molecule has 0 bridgehead atoms. The summed E-state index contributed by atoms with van der Waals surface area (Å²) in [5.74, 6) is -0.763. The number of carbonyl (C=O) groups is 2. The molecule has 0 aromatic carbocycles. The maximum absolute atomic E-state index is 12.6. The van der Waals surface area contributed by atoms with Crippen molar-refractivity contribution in [2.75, 3.05) is 16.0 Å². The number of hydrogen-bond donors (Lipinski definition) is 0. The van der Waals surface area contributed by atoms with Crippen LogP contribution in [0.1, 0.15) is 40.6 Å². The van der Waals surface area contributed by atoms with Gasteiger partial charge in [0.05, 0.1) is 0 Å². The van der Waals surface area contributed by atoms with Gasteiger partial charge in [0, 0.05) is 0 Å². The van der Waals surface area contributed by atoms with Gasteiger partial charge in [0.1, 0.15) is 0 Å². The first-order valence-corrected chi connectivity index (χ1v) is 12.8. The van der Waals surface area contributed by atoms with E-state index in [0.29, 0.717) is 5.01 Å². The minimum atomic E-state index is -1.38. The molecule has 1 aliphatic rings. The molecule has 0 unspecified atom stereocenters. The number of thiazole rings is 1. The van der Waals surface area contributed by atoms with E-state index in [1.165, 1.54) is 16.2 Å². The molecular weight excluding hydrogens is 401 g/mol. The Labute approximate surface area is 136 Å². The van der Waals surface area contributed by atoms with Gasteiger partial charge in [-0.15, -0.1) is 0 Å². The van der Waals surface area contributed by atoms with Gasteiger partial charge >= 0.3 is 137 Å². The van der Waals surface area contributed by atoms with Crippen molar-refractivity contribution in [1.82, 2.24) is 4.98 Å². The Bertz CT molecular complexity index is 558. The van der Waals surface area contributed by atoms with Gasteiger partial charge in [0.15, 0.2) is 0 Å². The first-order valence-electron chi connectivity index (χ1n) is 7.03. The Balaban J connectivity index is 2.28. The number of alkyl halides is 2. The van der Waals surface area contributed by atoms with Crippen LogP contribution in [0.15, 0.2) is 9.66 Å². The molecule has 21 heavy (non-hydrogen) atoms. The summed E-state index contributed by atoms with van der Waals surface area (Å²) >= 11 is 0.0573. The van der Waals surface area contributed by atoms with Crippen molar-refractivity contribution in [2.24, 2.45) is 0 Å². The maximum atomic E-state index is 12.6. The van der Waals surface area contributed by atoms with E-state index in [0.717, 1.165) is 29.4 Å². The van der Waals surface area contributed by atoms with Crippen LogP contribution in [0.2, 0.25) is 0 Å². The molecule has 0 amide bonds. The number of Topliss-reactive ketones (excluding diaryl/α,β-unsaturated/α-hetero) is 1. The fourth-order valence-corrected chi connectivity index (χ4v) is 5.21. The number of aromatic nitrogens is 1. The molecule has 116 valence electrons.